The zero-order valence-electron chi connectivity index (χ0n) is 20.9. The van der Waals surface area contributed by atoms with Crippen LogP contribution in [0, 0.1) is 12.7 Å². The average molecular weight is 486 g/mol. The van der Waals surface area contributed by atoms with Gasteiger partial charge in [0.15, 0.2) is 0 Å². The highest BCUT2D eigenvalue weighted by atomic mass is 19.1. The van der Waals surface area contributed by atoms with Crippen LogP contribution >= 0.6 is 0 Å². The van der Waals surface area contributed by atoms with Crippen LogP contribution in [0.2, 0.25) is 0 Å². The van der Waals surface area contributed by atoms with Crippen LogP contribution in [0.5, 0.6) is 0 Å². The second-order valence-corrected chi connectivity index (χ2v) is 8.66. The largest absolute Gasteiger partial charge is 0.373 e. The number of rotatable bonds is 10. The maximum atomic E-state index is 13.3. The minimum atomic E-state index is -0.196. The first-order valence-corrected chi connectivity index (χ1v) is 12.1. The molecular weight excluding hydrogens is 453 g/mol. The maximum absolute atomic E-state index is 13.3. The number of aromatic nitrogens is 2. The molecule has 0 aliphatic heterocycles. The van der Waals surface area contributed by atoms with Gasteiger partial charge in [0.1, 0.15) is 5.82 Å². The molecule has 36 heavy (non-hydrogen) atoms. The molecule has 4 rings (SSSR count). The molecule has 1 aromatic heterocycles. The monoisotopic (exact) mass is 485 g/mol. The first-order valence-electron chi connectivity index (χ1n) is 12.1. The zero-order chi connectivity index (χ0) is 25.8. The van der Waals surface area contributed by atoms with Crippen LogP contribution in [0.15, 0.2) is 84.9 Å². The lowest BCUT2D eigenvalue weighted by atomic mass is 10.0. The Labute approximate surface area is 212 Å². The van der Waals surface area contributed by atoms with E-state index in [4.69, 9.17) is 14.7 Å². The fraction of sp³-hybridized carbons (Fsp3) is 0.267. The lowest BCUT2D eigenvalue weighted by Gasteiger charge is -2.23. The van der Waals surface area contributed by atoms with Crippen molar-refractivity contribution in [3.05, 3.63) is 124 Å². The Morgan fingerprint density at radius 2 is 1.36 bits per heavy atom. The topological polar surface area (TPSA) is 55.2 Å². The molecule has 5 nitrogen and oxygen atoms in total. The molecule has 0 aliphatic rings. The van der Waals surface area contributed by atoms with E-state index in [1.54, 1.807) is 0 Å². The van der Waals surface area contributed by atoms with Gasteiger partial charge in [-0.2, -0.15) is 14.7 Å². The van der Waals surface area contributed by atoms with Gasteiger partial charge in [-0.05, 0) is 42.2 Å². The van der Waals surface area contributed by atoms with Crippen molar-refractivity contribution in [3.63, 3.8) is 0 Å². The number of hydrogen-bond acceptors (Lipinski definition) is 4. The Morgan fingerprint density at radius 3 is 1.86 bits per heavy atom. The fourth-order valence-corrected chi connectivity index (χ4v) is 4.42. The van der Waals surface area contributed by atoms with Gasteiger partial charge in [-0.3, -0.25) is 9.58 Å². The lowest BCUT2D eigenvalue weighted by Crippen LogP contribution is -2.27. The van der Waals surface area contributed by atoms with Crippen molar-refractivity contribution in [2.24, 2.45) is 0 Å². The van der Waals surface area contributed by atoms with Crippen LogP contribution in [0.25, 0.3) is 0 Å². The number of aryl methyl sites for hydroxylation is 1. The molecule has 0 amide bonds. The number of nitrogens with zero attached hydrogens (tertiary/aromatic N) is 3. The summed E-state index contributed by atoms with van der Waals surface area (Å²) in [6, 6.07) is 28.1. The summed E-state index contributed by atoms with van der Waals surface area (Å²) >= 11 is 0. The first kappa shape index (κ1) is 26.7. The van der Waals surface area contributed by atoms with Crippen molar-refractivity contribution in [3.8, 4) is 0 Å². The van der Waals surface area contributed by atoms with Crippen molar-refractivity contribution in [1.82, 2.24) is 14.7 Å². The zero-order valence-corrected chi connectivity index (χ0v) is 20.9. The van der Waals surface area contributed by atoms with Crippen LogP contribution in [-0.2, 0) is 42.1 Å². The molecule has 0 radical (unpaired) electrons. The Hall–Kier alpha value is -3.86. The van der Waals surface area contributed by atoms with E-state index in [1.165, 1.54) is 34.5 Å². The second kappa shape index (κ2) is 13.9. The van der Waals surface area contributed by atoms with Crippen molar-refractivity contribution < 1.29 is 14.0 Å². The SMILES string of the molecule is CCc1c(Cc2ccc(F)cc2)c(C)nn1CCN(Cc1ccccc1)Cc1ccccc1.O=C=O. The van der Waals surface area contributed by atoms with Gasteiger partial charge in [0.25, 0.3) is 0 Å². The molecule has 0 saturated heterocycles. The number of carbonyl (C=O) groups excluding carboxylic acids is 2. The molecule has 0 saturated carbocycles. The molecule has 0 fully saturated rings. The predicted octanol–water partition coefficient (Wildman–Crippen LogP) is 5.60. The fourth-order valence-electron chi connectivity index (χ4n) is 4.42. The number of benzene rings is 3. The Morgan fingerprint density at radius 1 is 0.833 bits per heavy atom. The molecule has 4 aromatic rings. The summed E-state index contributed by atoms with van der Waals surface area (Å²) in [4.78, 5) is 18.7. The van der Waals surface area contributed by atoms with Gasteiger partial charge < -0.3 is 0 Å². The molecule has 0 aliphatic carbocycles. The van der Waals surface area contributed by atoms with Crippen molar-refractivity contribution >= 4 is 6.15 Å². The van der Waals surface area contributed by atoms with Crippen LogP contribution in [0.1, 0.15) is 40.6 Å². The van der Waals surface area contributed by atoms with Crippen LogP contribution in [0.3, 0.4) is 0 Å². The standard InChI is InChI=1S/C29H32FN3.CO2/c1-3-29-28(20-24-14-16-27(30)17-15-24)23(2)31-33(29)19-18-32(21-25-10-6-4-7-11-25)22-26-12-8-5-9-13-26;2-1-3/h4-17H,3,18-22H2,1-2H3;. The van der Waals surface area contributed by atoms with E-state index in [1.807, 2.05) is 12.1 Å². The van der Waals surface area contributed by atoms with Gasteiger partial charge in [0, 0.05) is 37.3 Å². The number of hydrogen-bond donors (Lipinski definition) is 0. The number of halogens is 1. The molecule has 186 valence electrons. The molecule has 6 heteroatoms. The summed E-state index contributed by atoms with van der Waals surface area (Å²) < 4.78 is 15.5. The minimum Gasteiger partial charge on any atom is -0.293 e. The van der Waals surface area contributed by atoms with Gasteiger partial charge in [-0.15, -0.1) is 0 Å². The Kier molecular flexibility index (Phi) is 10.3. The molecule has 0 bridgehead atoms. The molecule has 0 N–H and O–H groups in total. The highest BCUT2D eigenvalue weighted by Crippen LogP contribution is 2.20. The second-order valence-electron chi connectivity index (χ2n) is 8.66. The van der Waals surface area contributed by atoms with Crippen molar-refractivity contribution in [1.29, 1.82) is 0 Å². The van der Waals surface area contributed by atoms with Gasteiger partial charge in [0.05, 0.1) is 12.2 Å². The highest BCUT2D eigenvalue weighted by Gasteiger charge is 2.16. The summed E-state index contributed by atoms with van der Waals surface area (Å²) in [5, 5.41) is 4.90. The summed E-state index contributed by atoms with van der Waals surface area (Å²) in [5.74, 6) is -0.196. The third-order valence-corrected chi connectivity index (χ3v) is 6.12. The van der Waals surface area contributed by atoms with Crippen LogP contribution < -0.4 is 0 Å². The predicted molar refractivity (Wildman–Crippen MR) is 138 cm³/mol. The van der Waals surface area contributed by atoms with Crippen LogP contribution in [0.4, 0.5) is 4.39 Å². The minimum absolute atomic E-state index is 0.196. The average Bonchev–Trinajstić information content (AvgIpc) is 3.19. The quantitative estimate of drug-likeness (QED) is 0.293. The normalized spacial score (nSPS) is 10.6. The van der Waals surface area contributed by atoms with E-state index in [9.17, 15) is 4.39 Å². The first-order chi connectivity index (χ1) is 17.5. The Bertz CT molecular complexity index is 1190. The molecule has 3 aromatic carbocycles. The summed E-state index contributed by atoms with van der Waals surface area (Å²) in [6.07, 6.45) is 1.96. The van der Waals surface area contributed by atoms with Crippen LogP contribution in [-0.4, -0.2) is 27.4 Å². The van der Waals surface area contributed by atoms with Gasteiger partial charge in [-0.25, -0.2) is 4.39 Å². The van der Waals surface area contributed by atoms with E-state index in [2.05, 4.69) is 84.1 Å². The lowest BCUT2D eigenvalue weighted by molar-refractivity contribution is -0.191. The van der Waals surface area contributed by atoms with Gasteiger partial charge in [0.2, 0.25) is 0 Å². The maximum Gasteiger partial charge on any atom is 0.373 e. The van der Waals surface area contributed by atoms with E-state index >= 15 is 0 Å². The van der Waals surface area contributed by atoms with Crippen molar-refractivity contribution in [2.75, 3.05) is 6.54 Å². The molecular formula is C30H32FN3O2. The van der Waals surface area contributed by atoms with Gasteiger partial charge in [-0.1, -0.05) is 79.7 Å². The van der Waals surface area contributed by atoms with E-state index in [-0.39, 0.29) is 12.0 Å². The summed E-state index contributed by atoms with van der Waals surface area (Å²) in [7, 11) is 0. The molecule has 0 atom stereocenters. The molecule has 0 spiro atoms. The van der Waals surface area contributed by atoms with E-state index in [0.29, 0.717) is 0 Å². The van der Waals surface area contributed by atoms with Crippen molar-refractivity contribution in [2.45, 2.75) is 46.3 Å². The molecule has 1 heterocycles. The third kappa shape index (κ3) is 7.84. The highest BCUT2D eigenvalue weighted by molar-refractivity contribution is 5.33. The summed E-state index contributed by atoms with van der Waals surface area (Å²) in [6.45, 7) is 7.83. The Balaban J connectivity index is 0.00000115. The van der Waals surface area contributed by atoms with E-state index in [0.717, 1.165) is 50.3 Å². The molecule has 0 unspecified atom stereocenters. The summed E-state index contributed by atoms with van der Waals surface area (Å²) in [5.41, 5.74) is 7.35. The van der Waals surface area contributed by atoms with E-state index < -0.39 is 0 Å². The third-order valence-electron chi connectivity index (χ3n) is 6.12. The van der Waals surface area contributed by atoms with Gasteiger partial charge >= 0.3 is 6.15 Å². The smallest absolute Gasteiger partial charge is 0.293 e.